The SMILES string of the molecule is CC1(O)CCC=CCN2C(=O)C3CNC(Nc4ccc(C5CCC6(CCNCC6)CC5)cc4)NC3N2C2CCCC1N2. The van der Waals surface area contributed by atoms with Crippen molar-refractivity contribution in [2.24, 2.45) is 11.3 Å². The summed E-state index contributed by atoms with van der Waals surface area (Å²) in [6.45, 7) is 5.53. The van der Waals surface area contributed by atoms with Crippen molar-refractivity contribution in [1.82, 2.24) is 31.3 Å². The first-order chi connectivity index (χ1) is 20.4. The number of allylic oxidation sites excluding steroid dienone is 1. The second-order valence-corrected chi connectivity index (χ2v) is 14.2. The third-order valence-corrected chi connectivity index (χ3v) is 11.5. The Morgan fingerprint density at radius 3 is 2.52 bits per heavy atom. The van der Waals surface area contributed by atoms with Gasteiger partial charge in [-0.25, -0.2) is 0 Å². The summed E-state index contributed by atoms with van der Waals surface area (Å²) in [4.78, 5) is 13.6. The number of rotatable bonds is 3. The zero-order valence-electron chi connectivity index (χ0n) is 25.3. The molecule has 5 aliphatic heterocycles. The van der Waals surface area contributed by atoms with Gasteiger partial charge in [-0.1, -0.05) is 24.3 Å². The largest absolute Gasteiger partial charge is 0.389 e. The van der Waals surface area contributed by atoms with Gasteiger partial charge in [-0.15, -0.1) is 0 Å². The Balaban J connectivity index is 1.01. The van der Waals surface area contributed by atoms with Crippen LogP contribution in [0.3, 0.4) is 0 Å². The fourth-order valence-corrected chi connectivity index (χ4v) is 8.77. The van der Waals surface area contributed by atoms with Gasteiger partial charge in [-0.05, 0) is 120 Å². The molecular weight excluding hydrogens is 526 g/mol. The molecule has 6 N–H and O–H groups in total. The number of benzene rings is 1. The molecule has 7 rings (SSSR count). The Morgan fingerprint density at radius 2 is 1.74 bits per heavy atom. The van der Waals surface area contributed by atoms with Crippen LogP contribution in [0.5, 0.6) is 0 Å². The molecule has 2 bridgehead atoms. The number of fused-ring (bicyclic) bond motifs is 6. The van der Waals surface area contributed by atoms with Crippen molar-refractivity contribution in [3.63, 3.8) is 0 Å². The van der Waals surface area contributed by atoms with Gasteiger partial charge in [0.05, 0.1) is 30.4 Å². The number of anilines is 1. The zero-order chi connectivity index (χ0) is 28.7. The molecule has 1 aliphatic carbocycles. The van der Waals surface area contributed by atoms with Crippen LogP contribution in [0.4, 0.5) is 5.69 Å². The van der Waals surface area contributed by atoms with Crippen molar-refractivity contribution in [2.45, 2.75) is 114 Å². The number of nitrogens with zero attached hydrogens (tertiary/aromatic N) is 2. The van der Waals surface area contributed by atoms with E-state index in [2.05, 4.69) is 68.0 Å². The molecular formula is C33H51N7O2. The highest BCUT2D eigenvalue weighted by Gasteiger charge is 2.52. The van der Waals surface area contributed by atoms with Gasteiger partial charge in [0.2, 0.25) is 5.91 Å². The molecule has 1 aromatic carbocycles. The van der Waals surface area contributed by atoms with E-state index in [0.717, 1.165) is 37.8 Å². The number of amides is 1. The summed E-state index contributed by atoms with van der Waals surface area (Å²) in [5.41, 5.74) is 2.38. The Kier molecular flexibility index (Phi) is 8.09. The Hall–Kier alpha value is -2.01. The van der Waals surface area contributed by atoms with E-state index in [9.17, 15) is 9.90 Å². The van der Waals surface area contributed by atoms with E-state index in [0.29, 0.717) is 24.4 Å². The fourth-order valence-electron chi connectivity index (χ4n) is 8.77. The van der Waals surface area contributed by atoms with Crippen LogP contribution in [0.15, 0.2) is 36.4 Å². The van der Waals surface area contributed by atoms with Gasteiger partial charge in [-0.3, -0.25) is 25.8 Å². The van der Waals surface area contributed by atoms with Crippen molar-refractivity contribution in [3.05, 3.63) is 42.0 Å². The van der Waals surface area contributed by atoms with Crippen molar-refractivity contribution < 1.29 is 9.90 Å². The third-order valence-electron chi connectivity index (χ3n) is 11.5. The quantitative estimate of drug-likeness (QED) is 0.305. The predicted molar refractivity (Wildman–Crippen MR) is 165 cm³/mol. The maximum absolute atomic E-state index is 13.6. The molecule has 1 spiro atoms. The van der Waals surface area contributed by atoms with E-state index >= 15 is 0 Å². The van der Waals surface area contributed by atoms with E-state index < -0.39 is 5.60 Å². The Labute approximate surface area is 251 Å². The van der Waals surface area contributed by atoms with Crippen LogP contribution in [0, 0.1) is 11.3 Å². The standard InChI is InChI=1S/C33H51N7O2/c1-32(42)14-3-2-4-21-39-30(41)26-22-35-31(38-29(26)40(39)28-7-5-6-27(32)37-28)36-25-10-8-23(9-11-25)24-12-15-33(16-13-24)17-19-34-20-18-33/h2,4,8-11,24,26-29,31,34-38,42H,3,5-7,12-22H2,1H3. The van der Waals surface area contributed by atoms with Gasteiger partial charge in [0.15, 0.2) is 0 Å². The minimum absolute atomic E-state index is 0.00529. The maximum atomic E-state index is 13.6. The van der Waals surface area contributed by atoms with E-state index in [4.69, 9.17) is 0 Å². The molecule has 1 saturated carbocycles. The lowest BCUT2D eigenvalue weighted by Gasteiger charge is -2.47. The predicted octanol–water partition coefficient (Wildman–Crippen LogP) is 3.17. The summed E-state index contributed by atoms with van der Waals surface area (Å²) in [6, 6.07) is 9.09. The fraction of sp³-hybridized carbons (Fsp3) is 0.727. The molecule has 9 nitrogen and oxygen atoms in total. The molecule has 1 aromatic rings. The van der Waals surface area contributed by atoms with Crippen LogP contribution < -0.4 is 26.6 Å². The second kappa shape index (κ2) is 11.8. The molecule has 0 aromatic heterocycles. The van der Waals surface area contributed by atoms with Crippen LogP contribution in [-0.4, -0.2) is 77.5 Å². The van der Waals surface area contributed by atoms with Crippen molar-refractivity contribution in [3.8, 4) is 0 Å². The summed E-state index contributed by atoms with van der Waals surface area (Å²) in [7, 11) is 0. The highest BCUT2D eigenvalue weighted by Crippen LogP contribution is 2.48. The number of hydrazine groups is 1. The minimum atomic E-state index is -0.772. The lowest BCUT2D eigenvalue weighted by Crippen LogP contribution is -2.69. The maximum Gasteiger partial charge on any atom is 0.244 e. The lowest BCUT2D eigenvalue weighted by molar-refractivity contribution is -0.146. The summed E-state index contributed by atoms with van der Waals surface area (Å²) < 4.78 is 0. The highest BCUT2D eigenvalue weighted by atomic mass is 16.3. The first-order valence-corrected chi connectivity index (χ1v) is 16.7. The molecule has 6 unspecified atom stereocenters. The number of piperidine rings is 2. The molecule has 4 saturated heterocycles. The number of carbonyl (C=O) groups excluding carboxylic acids is 1. The van der Waals surface area contributed by atoms with Crippen LogP contribution in [0.2, 0.25) is 0 Å². The topological polar surface area (TPSA) is 104 Å². The molecule has 9 heteroatoms. The number of hydrogen-bond donors (Lipinski definition) is 6. The van der Waals surface area contributed by atoms with Crippen LogP contribution in [-0.2, 0) is 4.79 Å². The minimum Gasteiger partial charge on any atom is -0.389 e. The molecule has 6 aliphatic rings. The van der Waals surface area contributed by atoms with E-state index in [1.54, 1.807) is 0 Å². The third kappa shape index (κ3) is 5.64. The Morgan fingerprint density at radius 1 is 0.952 bits per heavy atom. The number of carbonyl (C=O) groups is 1. The average molecular weight is 578 g/mol. The first-order valence-electron chi connectivity index (χ1n) is 16.7. The van der Waals surface area contributed by atoms with Gasteiger partial charge in [-0.2, -0.15) is 5.01 Å². The molecule has 6 atom stereocenters. The number of aliphatic hydroxyl groups is 1. The summed E-state index contributed by atoms with van der Waals surface area (Å²) >= 11 is 0. The molecule has 0 radical (unpaired) electrons. The highest BCUT2D eigenvalue weighted by molar-refractivity contribution is 5.82. The van der Waals surface area contributed by atoms with E-state index in [1.165, 1.54) is 57.2 Å². The average Bonchev–Trinajstić information content (AvgIpc) is 3.28. The van der Waals surface area contributed by atoms with Gasteiger partial charge < -0.3 is 15.7 Å². The second-order valence-electron chi connectivity index (χ2n) is 14.2. The van der Waals surface area contributed by atoms with Crippen molar-refractivity contribution in [2.75, 3.05) is 31.5 Å². The Bertz CT molecular complexity index is 1120. The molecule has 5 fully saturated rings. The van der Waals surface area contributed by atoms with E-state index in [1.807, 2.05) is 11.9 Å². The monoisotopic (exact) mass is 577 g/mol. The van der Waals surface area contributed by atoms with Crippen LogP contribution in [0.25, 0.3) is 0 Å². The van der Waals surface area contributed by atoms with Gasteiger partial charge in [0, 0.05) is 18.3 Å². The summed E-state index contributed by atoms with van der Waals surface area (Å²) in [5, 5.41) is 33.7. The molecule has 230 valence electrons. The molecule has 42 heavy (non-hydrogen) atoms. The normalized spacial score (nSPS) is 37.6. The van der Waals surface area contributed by atoms with Crippen LogP contribution >= 0.6 is 0 Å². The number of nitrogens with one attached hydrogen (secondary N) is 5. The van der Waals surface area contributed by atoms with Crippen molar-refractivity contribution in [1.29, 1.82) is 0 Å². The van der Waals surface area contributed by atoms with Gasteiger partial charge in [0.25, 0.3) is 0 Å². The first kappa shape index (κ1) is 28.7. The van der Waals surface area contributed by atoms with E-state index in [-0.39, 0.29) is 36.5 Å². The lowest BCUT2D eigenvalue weighted by atomic mass is 9.65. The molecule has 5 heterocycles. The smallest absolute Gasteiger partial charge is 0.244 e. The summed E-state index contributed by atoms with van der Waals surface area (Å²) in [5.74, 6) is 0.688. The summed E-state index contributed by atoms with van der Waals surface area (Å²) in [6.07, 6.45) is 16.5. The van der Waals surface area contributed by atoms with Gasteiger partial charge >= 0.3 is 0 Å². The molecule has 1 amide bonds. The van der Waals surface area contributed by atoms with Crippen LogP contribution in [0.1, 0.15) is 89.0 Å². The zero-order valence-corrected chi connectivity index (χ0v) is 25.3. The van der Waals surface area contributed by atoms with Crippen molar-refractivity contribution >= 4 is 11.6 Å². The number of hydrogen-bond acceptors (Lipinski definition) is 8. The van der Waals surface area contributed by atoms with Gasteiger partial charge in [0.1, 0.15) is 6.29 Å².